The molecule has 5 nitrogen and oxygen atoms in total. The Balaban J connectivity index is 1.95. The maximum atomic E-state index is 14.5. The third-order valence-corrected chi connectivity index (χ3v) is 4.86. The molecule has 1 aromatic heterocycles. The Morgan fingerprint density at radius 1 is 1.33 bits per heavy atom. The van der Waals surface area contributed by atoms with E-state index in [4.69, 9.17) is 0 Å². The van der Waals surface area contributed by atoms with E-state index in [1.807, 2.05) is 6.26 Å². The summed E-state index contributed by atoms with van der Waals surface area (Å²) in [6.07, 6.45) is 2.54. The number of H-pyrrole nitrogens is 1. The Bertz CT molecular complexity index is 961. The molecule has 1 atom stereocenters. The van der Waals surface area contributed by atoms with E-state index < -0.39 is 23.6 Å². The third kappa shape index (κ3) is 4.28. The van der Waals surface area contributed by atoms with Crippen molar-refractivity contribution in [1.82, 2.24) is 15.5 Å². The molecule has 0 spiro atoms. The zero-order valence-electron chi connectivity index (χ0n) is 14.6. The van der Waals surface area contributed by atoms with E-state index in [1.54, 1.807) is 17.8 Å². The molecule has 1 amide bonds. The van der Waals surface area contributed by atoms with Gasteiger partial charge in [0.15, 0.2) is 0 Å². The number of nitrogens with zero attached hydrogens (tertiary/aromatic N) is 1. The van der Waals surface area contributed by atoms with Crippen LogP contribution in [0.3, 0.4) is 0 Å². The molecule has 0 saturated heterocycles. The van der Waals surface area contributed by atoms with Crippen molar-refractivity contribution >= 4 is 28.6 Å². The zero-order valence-corrected chi connectivity index (χ0v) is 15.4. The van der Waals surface area contributed by atoms with E-state index in [2.05, 4.69) is 15.5 Å². The second-order valence-electron chi connectivity index (χ2n) is 6.10. The monoisotopic (exact) mass is 391 g/mol. The van der Waals surface area contributed by atoms with Gasteiger partial charge in [-0.3, -0.25) is 9.89 Å². The number of aliphatic hydroxyl groups is 1. The first-order valence-corrected chi connectivity index (χ1v) is 9.77. The van der Waals surface area contributed by atoms with Crippen molar-refractivity contribution in [3.63, 3.8) is 0 Å². The molecule has 0 fully saturated rings. The number of aromatic amines is 1. The molecule has 2 aromatic carbocycles. The minimum atomic E-state index is -0.627. The number of benzene rings is 2. The SMILES string of the molecule is CSCC[C@@H](CO)NC(=O)c1cc(F)c2[nH]nc(-c3cccc(F)c3)c2c1. The number of hydrogen-bond acceptors (Lipinski definition) is 4. The van der Waals surface area contributed by atoms with E-state index in [0.29, 0.717) is 23.1 Å². The topological polar surface area (TPSA) is 78.0 Å². The fraction of sp³-hybridized carbons (Fsp3) is 0.263. The Morgan fingerprint density at radius 3 is 2.85 bits per heavy atom. The van der Waals surface area contributed by atoms with E-state index in [9.17, 15) is 18.7 Å². The van der Waals surface area contributed by atoms with Crippen LogP contribution in [0.15, 0.2) is 36.4 Å². The van der Waals surface area contributed by atoms with Crippen molar-refractivity contribution in [2.45, 2.75) is 12.5 Å². The maximum absolute atomic E-state index is 14.5. The summed E-state index contributed by atoms with van der Waals surface area (Å²) >= 11 is 1.61. The molecule has 0 radical (unpaired) electrons. The first-order valence-electron chi connectivity index (χ1n) is 8.37. The van der Waals surface area contributed by atoms with Gasteiger partial charge in [0, 0.05) is 16.5 Å². The predicted octanol–water partition coefficient (Wildman–Crippen LogP) is 3.35. The molecule has 0 bridgehead atoms. The highest BCUT2D eigenvalue weighted by Crippen LogP contribution is 2.29. The highest BCUT2D eigenvalue weighted by Gasteiger charge is 2.18. The van der Waals surface area contributed by atoms with Gasteiger partial charge in [0.1, 0.15) is 22.8 Å². The molecule has 0 unspecified atom stereocenters. The number of fused-ring (bicyclic) bond motifs is 1. The van der Waals surface area contributed by atoms with Crippen molar-refractivity contribution in [2.75, 3.05) is 18.6 Å². The van der Waals surface area contributed by atoms with Crippen LogP contribution in [-0.4, -0.2) is 45.9 Å². The Kier molecular flexibility index (Phi) is 6.08. The molecule has 0 aliphatic rings. The fourth-order valence-corrected chi connectivity index (χ4v) is 3.32. The molecule has 8 heteroatoms. The highest BCUT2D eigenvalue weighted by molar-refractivity contribution is 7.98. The van der Waals surface area contributed by atoms with Gasteiger partial charge >= 0.3 is 0 Å². The van der Waals surface area contributed by atoms with Gasteiger partial charge in [-0.15, -0.1) is 0 Å². The van der Waals surface area contributed by atoms with Crippen LogP contribution in [0.1, 0.15) is 16.8 Å². The smallest absolute Gasteiger partial charge is 0.251 e. The average molecular weight is 391 g/mol. The number of halogens is 2. The number of carbonyl (C=O) groups is 1. The Labute approximate surface area is 159 Å². The summed E-state index contributed by atoms with van der Waals surface area (Å²) in [5.41, 5.74) is 1.10. The lowest BCUT2D eigenvalue weighted by Crippen LogP contribution is -2.38. The van der Waals surface area contributed by atoms with Crippen LogP contribution in [-0.2, 0) is 0 Å². The van der Waals surface area contributed by atoms with Crippen LogP contribution >= 0.6 is 11.8 Å². The largest absolute Gasteiger partial charge is 0.394 e. The van der Waals surface area contributed by atoms with Gasteiger partial charge in [-0.25, -0.2) is 8.78 Å². The molecule has 27 heavy (non-hydrogen) atoms. The quantitative estimate of drug-likeness (QED) is 0.577. The van der Waals surface area contributed by atoms with E-state index in [1.165, 1.54) is 24.3 Å². The van der Waals surface area contributed by atoms with Gasteiger partial charge in [-0.05, 0) is 42.7 Å². The molecule has 3 aromatic rings. The van der Waals surface area contributed by atoms with Crippen molar-refractivity contribution in [2.24, 2.45) is 0 Å². The Hall–Kier alpha value is -2.45. The summed E-state index contributed by atoms with van der Waals surface area (Å²) in [5.74, 6) is -0.762. The van der Waals surface area contributed by atoms with Gasteiger partial charge in [0.25, 0.3) is 5.91 Å². The van der Waals surface area contributed by atoms with Crippen molar-refractivity contribution in [3.05, 3.63) is 53.6 Å². The normalized spacial score (nSPS) is 12.3. The summed E-state index contributed by atoms with van der Waals surface area (Å²) in [6.45, 7) is -0.197. The van der Waals surface area contributed by atoms with Crippen molar-refractivity contribution in [3.8, 4) is 11.3 Å². The number of aromatic nitrogens is 2. The predicted molar refractivity (Wildman–Crippen MR) is 103 cm³/mol. The van der Waals surface area contributed by atoms with Crippen molar-refractivity contribution < 1.29 is 18.7 Å². The Morgan fingerprint density at radius 2 is 2.15 bits per heavy atom. The van der Waals surface area contributed by atoms with E-state index in [-0.39, 0.29) is 17.7 Å². The molecule has 0 saturated carbocycles. The summed E-state index contributed by atoms with van der Waals surface area (Å²) in [4.78, 5) is 12.5. The van der Waals surface area contributed by atoms with Crippen LogP contribution in [0.25, 0.3) is 22.2 Å². The molecule has 3 rings (SSSR count). The second kappa shape index (κ2) is 8.49. The number of hydrogen-bond donors (Lipinski definition) is 3. The third-order valence-electron chi connectivity index (χ3n) is 4.21. The van der Waals surface area contributed by atoms with E-state index in [0.717, 1.165) is 11.8 Å². The second-order valence-corrected chi connectivity index (χ2v) is 7.08. The number of thioether (sulfide) groups is 1. The van der Waals surface area contributed by atoms with Crippen LogP contribution in [0.5, 0.6) is 0 Å². The molecular weight excluding hydrogens is 372 g/mol. The molecule has 1 heterocycles. The minimum Gasteiger partial charge on any atom is -0.394 e. The molecule has 3 N–H and O–H groups in total. The van der Waals surface area contributed by atoms with Gasteiger partial charge < -0.3 is 10.4 Å². The number of rotatable bonds is 7. The molecule has 0 aliphatic heterocycles. The summed E-state index contributed by atoms with van der Waals surface area (Å²) < 4.78 is 28.0. The maximum Gasteiger partial charge on any atom is 0.251 e. The number of carbonyl (C=O) groups excluding carboxylic acids is 1. The van der Waals surface area contributed by atoms with Crippen LogP contribution < -0.4 is 5.32 Å². The average Bonchev–Trinajstić information content (AvgIpc) is 3.09. The summed E-state index contributed by atoms with van der Waals surface area (Å²) in [6, 6.07) is 8.03. The molecule has 0 aliphatic carbocycles. The summed E-state index contributed by atoms with van der Waals surface area (Å²) in [7, 11) is 0. The van der Waals surface area contributed by atoms with Crippen LogP contribution in [0.4, 0.5) is 8.78 Å². The first kappa shape index (κ1) is 19.3. The lowest BCUT2D eigenvalue weighted by Gasteiger charge is -2.16. The minimum absolute atomic E-state index is 0.113. The molecular formula is C19H19F2N3O2S. The van der Waals surface area contributed by atoms with Crippen molar-refractivity contribution in [1.29, 1.82) is 0 Å². The van der Waals surface area contributed by atoms with Gasteiger partial charge in [-0.1, -0.05) is 12.1 Å². The van der Waals surface area contributed by atoms with Gasteiger partial charge in [0.05, 0.1) is 12.6 Å². The van der Waals surface area contributed by atoms with Gasteiger partial charge in [0.2, 0.25) is 0 Å². The number of nitrogens with one attached hydrogen (secondary N) is 2. The van der Waals surface area contributed by atoms with E-state index >= 15 is 0 Å². The zero-order chi connectivity index (χ0) is 19.4. The highest BCUT2D eigenvalue weighted by atomic mass is 32.2. The van der Waals surface area contributed by atoms with Crippen LogP contribution in [0, 0.1) is 11.6 Å². The standard InChI is InChI=1S/C19H19F2N3O2S/c1-27-6-5-14(10-25)22-19(26)12-8-15-17(11-3-2-4-13(20)7-11)23-24-18(15)16(21)9-12/h2-4,7-9,14,25H,5-6,10H2,1H3,(H,22,26)(H,23,24)/t14-/m0/s1. The van der Waals surface area contributed by atoms with Crippen LogP contribution in [0.2, 0.25) is 0 Å². The lowest BCUT2D eigenvalue weighted by molar-refractivity contribution is 0.0915. The first-order chi connectivity index (χ1) is 13.0. The fourth-order valence-electron chi connectivity index (χ4n) is 2.80. The molecule has 142 valence electrons. The summed E-state index contributed by atoms with van der Waals surface area (Å²) in [5, 5.41) is 19.2. The number of amides is 1. The van der Waals surface area contributed by atoms with Gasteiger partial charge in [-0.2, -0.15) is 16.9 Å². The lowest BCUT2D eigenvalue weighted by atomic mass is 10.0. The number of aliphatic hydroxyl groups excluding tert-OH is 1.